The van der Waals surface area contributed by atoms with Gasteiger partial charge in [0.05, 0.1) is 12.6 Å². The first-order valence-electron chi connectivity index (χ1n) is 5.06. The Hall–Kier alpha value is -2.10. The highest BCUT2D eigenvalue weighted by Gasteiger charge is 2.42. The van der Waals surface area contributed by atoms with Gasteiger partial charge in [0.15, 0.2) is 0 Å². The van der Waals surface area contributed by atoms with Crippen LogP contribution in [0.4, 0.5) is 0 Å². The van der Waals surface area contributed by atoms with Crippen LogP contribution in [0.25, 0.3) is 0 Å². The number of hydrogen-bond donors (Lipinski definition) is 1. The van der Waals surface area contributed by atoms with E-state index in [1.807, 2.05) is 6.07 Å². The third kappa shape index (κ3) is 3.75. The Bertz CT molecular complexity index is 388. The van der Waals surface area contributed by atoms with Crippen molar-refractivity contribution in [2.75, 3.05) is 13.2 Å². The summed E-state index contributed by atoms with van der Waals surface area (Å²) >= 11 is 0. The maximum Gasteiger partial charge on any atom is 0.302 e. The Morgan fingerprint density at radius 1 is 1.53 bits per heavy atom. The van der Waals surface area contributed by atoms with Crippen molar-refractivity contribution in [3.8, 4) is 6.07 Å². The van der Waals surface area contributed by atoms with Crippen LogP contribution in [-0.4, -0.2) is 47.9 Å². The summed E-state index contributed by atoms with van der Waals surface area (Å²) < 4.78 is 4.69. The summed E-state index contributed by atoms with van der Waals surface area (Å²) in [5, 5.41) is 11.0. The minimum atomic E-state index is -0.922. The molecule has 1 unspecified atom stereocenters. The summed E-state index contributed by atoms with van der Waals surface area (Å²) in [6, 6.07) is 0.572. The van der Waals surface area contributed by atoms with Gasteiger partial charge in [0, 0.05) is 13.8 Å². The average molecular weight is 239 g/mol. The van der Waals surface area contributed by atoms with E-state index < -0.39 is 29.9 Å². The normalized spacial score (nSPS) is 18.9. The Morgan fingerprint density at radius 2 is 2.18 bits per heavy atom. The molecule has 1 aliphatic rings. The molecule has 0 bridgehead atoms. The molecule has 1 N–H and O–H groups in total. The first kappa shape index (κ1) is 13.0. The monoisotopic (exact) mass is 239 g/mol. The summed E-state index contributed by atoms with van der Waals surface area (Å²) in [6.45, 7) is 2.61. The highest BCUT2D eigenvalue weighted by atomic mass is 16.5. The molecule has 1 aliphatic heterocycles. The molecule has 0 aromatic carbocycles. The zero-order valence-electron chi connectivity index (χ0n) is 9.60. The lowest BCUT2D eigenvalue weighted by Crippen LogP contribution is -2.46. The summed E-state index contributed by atoms with van der Waals surface area (Å²) in [6.07, 6.45) is 0. The molecule has 0 aromatic rings. The van der Waals surface area contributed by atoms with Gasteiger partial charge in [-0.15, -0.1) is 0 Å². The lowest BCUT2D eigenvalue weighted by atomic mass is 10.3. The molecule has 2 amide bonds. The first-order chi connectivity index (χ1) is 7.95. The number of carbonyl (C=O) groups excluding carboxylic acids is 3. The van der Waals surface area contributed by atoms with Crippen molar-refractivity contribution in [2.45, 2.75) is 25.9 Å². The molecule has 1 rings (SSSR count). The molecular weight excluding hydrogens is 226 g/mol. The van der Waals surface area contributed by atoms with E-state index in [1.165, 1.54) is 18.7 Å². The van der Waals surface area contributed by atoms with Gasteiger partial charge in [-0.25, -0.2) is 0 Å². The molecule has 17 heavy (non-hydrogen) atoms. The minimum absolute atomic E-state index is 0.220. The summed E-state index contributed by atoms with van der Waals surface area (Å²) in [5.41, 5.74) is 0. The van der Waals surface area contributed by atoms with Crippen molar-refractivity contribution < 1.29 is 19.1 Å². The van der Waals surface area contributed by atoms with Crippen molar-refractivity contribution in [1.29, 1.82) is 5.26 Å². The lowest BCUT2D eigenvalue weighted by Gasteiger charge is -2.16. The minimum Gasteiger partial charge on any atom is -0.463 e. The zero-order chi connectivity index (χ0) is 13.0. The Balaban J connectivity index is 2.56. The van der Waals surface area contributed by atoms with E-state index in [1.54, 1.807) is 0 Å². The van der Waals surface area contributed by atoms with Gasteiger partial charge in [0.25, 0.3) is 0 Å². The SMILES string of the molecule is CC(=O)N[C@@H](COC(C)=O)C(=O)N1CC1C#N. The number of nitriles is 1. The van der Waals surface area contributed by atoms with Crippen LogP contribution in [0.2, 0.25) is 0 Å². The number of esters is 1. The fourth-order valence-electron chi connectivity index (χ4n) is 1.31. The number of rotatable bonds is 4. The largest absolute Gasteiger partial charge is 0.463 e. The van der Waals surface area contributed by atoms with Crippen LogP contribution in [0.1, 0.15) is 13.8 Å². The molecule has 0 radical (unpaired) electrons. The third-order valence-corrected chi connectivity index (χ3v) is 2.17. The first-order valence-corrected chi connectivity index (χ1v) is 5.06. The molecule has 2 atom stereocenters. The number of hydrogen-bond acceptors (Lipinski definition) is 5. The van der Waals surface area contributed by atoms with Crippen molar-refractivity contribution >= 4 is 17.8 Å². The van der Waals surface area contributed by atoms with Crippen LogP contribution in [-0.2, 0) is 19.1 Å². The van der Waals surface area contributed by atoms with E-state index in [-0.39, 0.29) is 6.61 Å². The van der Waals surface area contributed by atoms with Crippen molar-refractivity contribution in [3.05, 3.63) is 0 Å². The zero-order valence-corrected chi connectivity index (χ0v) is 9.60. The maximum absolute atomic E-state index is 11.8. The summed E-state index contributed by atoms with van der Waals surface area (Å²) in [5.74, 6) is -1.34. The average Bonchev–Trinajstić information content (AvgIpc) is 3.01. The van der Waals surface area contributed by atoms with Crippen LogP contribution < -0.4 is 5.32 Å². The number of carbonyl (C=O) groups is 3. The van der Waals surface area contributed by atoms with E-state index in [2.05, 4.69) is 10.1 Å². The standard InChI is InChI=1S/C10H13N3O4/c1-6(14)12-9(5-17-7(2)15)10(16)13-4-8(13)3-11/h8-9H,4-5H2,1-2H3,(H,12,14)/t8?,9-,13?/m0/s1. The van der Waals surface area contributed by atoms with Gasteiger partial charge in [-0.3, -0.25) is 14.4 Å². The quantitative estimate of drug-likeness (QED) is 0.490. The Morgan fingerprint density at radius 3 is 2.59 bits per heavy atom. The lowest BCUT2D eigenvalue weighted by molar-refractivity contribution is -0.144. The van der Waals surface area contributed by atoms with E-state index in [0.29, 0.717) is 6.54 Å². The fraction of sp³-hybridized carbons (Fsp3) is 0.600. The Labute approximate surface area is 98.3 Å². The molecule has 0 aromatic heterocycles. The highest BCUT2D eigenvalue weighted by molar-refractivity contribution is 5.89. The van der Waals surface area contributed by atoms with Crippen molar-refractivity contribution in [2.24, 2.45) is 0 Å². The van der Waals surface area contributed by atoms with E-state index in [9.17, 15) is 14.4 Å². The molecule has 0 aliphatic carbocycles. The summed E-state index contributed by atoms with van der Waals surface area (Å²) in [7, 11) is 0. The molecule has 1 saturated heterocycles. The second-order valence-corrected chi connectivity index (χ2v) is 3.69. The second-order valence-electron chi connectivity index (χ2n) is 3.69. The van der Waals surface area contributed by atoms with Gasteiger partial charge in [-0.2, -0.15) is 5.26 Å². The van der Waals surface area contributed by atoms with E-state index in [0.717, 1.165) is 0 Å². The molecule has 0 spiro atoms. The van der Waals surface area contributed by atoms with Crippen molar-refractivity contribution in [3.63, 3.8) is 0 Å². The van der Waals surface area contributed by atoms with Gasteiger partial charge < -0.3 is 15.0 Å². The van der Waals surface area contributed by atoms with Gasteiger partial charge in [-0.05, 0) is 0 Å². The molecule has 7 nitrogen and oxygen atoms in total. The number of amides is 2. The predicted molar refractivity (Wildman–Crippen MR) is 55.4 cm³/mol. The molecule has 7 heteroatoms. The number of nitrogens with one attached hydrogen (secondary N) is 1. The smallest absolute Gasteiger partial charge is 0.302 e. The van der Waals surface area contributed by atoms with Gasteiger partial charge in [0.2, 0.25) is 11.8 Å². The van der Waals surface area contributed by atoms with Gasteiger partial charge >= 0.3 is 5.97 Å². The molecule has 1 heterocycles. The predicted octanol–water partition coefficient (Wildman–Crippen LogP) is -1.21. The molecule has 92 valence electrons. The number of nitrogens with zero attached hydrogens (tertiary/aromatic N) is 2. The topological polar surface area (TPSA) is 99.3 Å². The van der Waals surface area contributed by atoms with Crippen LogP contribution >= 0.6 is 0 Å². The van der Waals surface area contributed by atoms with Crippen LogP contribution in [0.3, 0.4) is 0 Å². The van der Waals surface area contributed by atoms with Crippen LogP contribution in [0.5, 0.6) is 0 Å². The van der Waals surface area contributed by atoms with E-state index >= 15 is 0 Å². The van der Waals surface area contributed by atoms with Crippen LogP contribution in [0.15, 0.2) is 0 Å². The Kier molecular flexibility index (Phi) is 4.04. The van der Waals surface area contributed by atoms with Crippen molar-refractivity contribution in [1.82, 2.24) is 10.2 Å². The van der Waals surface area contributed by atoms with E-state index in [4.69, 9.17) is 5.26 Å². The summed E-state index contributed by atoms with van der Waals surface area (Å²) in [4.78, 5) is 34.7. The number of ether oxygens (including phenoxy) is 1. The third-order valence-electron chi connectivity index (χ3n) is 2.17. The fourth-order valence-corrected chi connectivity index (χ4v) is 1.31. The maximum atomic E-state index is 11.8. The molecule has 1 fully saturated rings. The molecule has 0 saturated carbocycles. The van der Waals surface area contributed by atoms with Crippen LogP contribution in [0, 0.1) is 11.3 Å². The van der Waals surface area contributed by atoms with Gasteiger partial charge in [0.1, 0.15) is 18.7 Å². The highest BCUT2D eigenvalue weighted by Crippen LogP contribution is 2.17. The second kappa shape index (κ2) is 5.30. The molecular formula is C10H13N3O4. The van der Waals surface area contributed by atoms with Gasteiger partial charge in [-0.1, -0.05) is 0 Å².